The molecule has 2 aromatic carbocycles. The number of benzene rings is 2. The molecule has 3 aromatic rings. The van der Waals surface area contributed by atoms with Gasteiger partial charge in [0.2, 0.25) is 0 Å². The summed E-state index contributed by atoms with van der Waals surface area (Å²) in [7, 11) is 0. The van der Waals surface area contributed by atoms with Crippen molar-refractivity contribution in [1.82, 2.24) is 4.57 Å². The zero-order valence-corrected chi connectivity index (χ0v) is 17.8. The van der Waals surface area contributed by atoms with Gasteiger partial charge < -0.3 is 4.57 Å². The quantitative estimate of drug-likeness (QED) is 0.354. The average Bonchev–Trinajstić information content (AvgIpc) is 3.13. The molecule has 3 atom stereocenters. The molecule has 0 radical (unpaired) electrons. The summed E-state index contributed by atoms with van der Waals surface area (Å²) in [6, 6.07) is 13.4. The van der Waals surface area contributed by atoms with Crippen LogP contribution in [-0.4, -0.2) is 9.49 Å². The van der Waals surface area contributed by atoms with Crippen LogP contribution in [0.2, 0.25) is 0 Å². The summed E-state index contributed by atoms with van der Waals surface area (Å²) in [5.74, 6) is 0.657. The third kappa shape index (κ3) is 3.81. The molecule has 1 heterocycles. The van der Waals surface area contributed by atoms with Crippen LogP contribution >= 0.6 is 11.3 Å². The number of nitrogens with zero attached hydrogens (tertiary/aromatic N) is 3. The molecular formula is C23H24FN3O2S. The van der Waals surface area contributed by atoms with Crippen LogP contribution in [0.25, 0.3) is 11.3 Å². The lowest BCUT2D eigenvalue weighted by Gasteiger charge is -2.36. The van der Waals surface area contributed by atoms with Crippen molar-refractivity contribution in [2.24, 2.45) is 16.8 Å². The number of aromatic nitrogens is 1. The van der Waals surface area contributed by atoms with Gasteiger partial charge in [0.1, 0.15) is 11.5 Å². The summed E-state index contributed by atoms with van der Waals surface area (Å²) < 4.78 is 16.8. The van der Waals surface area contributed by atoms with Crippen molar-refractivity contribution in [2.75, 3.05) is 0 Å². The molecule has 0 saturated heterocycles. The lowest BCUT2D eigenvalue weighted by atomic mass is 9.78. The predicted molar refractivity (Wildman–Crippen MR) is 117 cm³/mol. The number of rotatable bonds is 4. The van der Waals surface area contributed by atoms with Crippen LogP contribution in [0.5, 0.6) is 0 Å². The van der Waals surface area contributed by atoms with Gasteiger partial charge in [0.05, 0.1) is 10.6 Å². The summed E-state index contributed by atoms with van der Waals surface area (Å²) in [5.41, 5.74) is 1.59. The first kappa shape index (κ1) is 20.5. The van der Waals surface area contributed by atoms with E-state index in [1.807, 2.05) is 11.4 Å². The minimum absolute atomic E-state index is 0.0325. The number of nitro groups is 1. The van der Waals surface area contributed by atoms with E-state index in [0.717, 1.165) is 18.5 Å². The van der Waals surface area contributed by atoms with Gasteiger partial charge in [-0.05, 0) is 36.5 Å². The Hall–Kier alpha value is -2.80. The van der Waals surface area contributed by atoms with E-state index in [9.17, 15) is 14.5 Å². The molecule has 1 aliphatic rings. The number of halogens is 1. The minimum Gasteiger partial charge on any atom is -0.313 e. The first-order valence-corrected chi connectivity index (χ1v) is 11.1. The fraction of sp³-hybridized carbons (Fsp3) is 0.348. The van der Waals surface area contributed by atoms with Crippen LogP contribution in [0.15, 0.2) is 58.9 Å². The van der Waals surface area contributed by atoms with Gasteiger partial charge in [-0.15, -0.1) is 11.3 Å². The number of hydrogen-bond acceptors (Lipinski definition) is 4. The third-order valence-corrected chi connectivity index (χ3v) is 7.02. The van der Waals surface area contributed by atoms with E-state index in [2.05, 4.69) is 18.4 Å². The lowest BCUT2D eigenvalue weighted by molar-refractivity contribution is -0.384. The summed E-state index contributed by atoms with van der Waals surface area (Å²) >= 11 is 1.40. The Kier molecular flexibility index (Phi) is 5.81. The van der Waals surface area contributed by atoms with Crippen LogP contribution in [0, 0.1) is 27.8 Å². The van der Waals surface area contributed by atoms with Crippen LogP contribution in [0.1, 0.15) is 39.2 Å². The highest BCUT2D eigenvalue weighted by Crippen LogP contribution is 2.40. The van der Waals surface area contributed by atoms with Crippen LogP contribution in [0.4, 0.5) is 15.8 Å². The fourth-order valence-corrected chi connectivity index (χ4v) is 5.28. The predicted octanol–water partition coefficient (Wildman–Crippen LogP) is 6.49. The van der Waals surface area contributed by atoms with E-state index >= 15 is 0 Å². The van der Waals surface area contributed by atoms with E-state index in [1.165, 1.54) is 29.9 Å². The highest BCUT2D eigenvalue weighted by atomic mass is 32.1. The Morgan fingerprint density at radius 1 is 1.13 bits per heavy atom. The maximum absolute atomic E-state index is 14.7. The van der Waals surface area contributed by atoms with Crippen molar-refractivity contribution in [2.45, 2.75) is 39.2 Å². The summed E-state index contributed by atoms with van der Waals surface area (Å²) in [6.45, 7) is 4.49. The van der Waals surface area contributed by atoms with Gasteiger partial charge >= 0.3 is 0 Å². The van der Waals surface area contributed by atoms with Gasteiger partial charge in [-0.3, -0.25) is 10.1 Å². The second-order valence-corrected chi connectivity index (χ2v) is 8.78. The standard InChI is InChI=1S/C23H24FN3O2S/c1-15-8-7-13-20(16(15)2)26-22(17-9-3-4-10-18(17)24)14-30-23(26)25-19-11-5-6-12-21(19)27(28)29/h3-6,9-12,14-16,20H,7-8,13H2,1-2H3. The summed E-state index contributed by atoms with van der Waals surface area (Å²) in [5, 5.41) is 13.4. The van der Waals surface area contributed by atoms with E-state index in [-0.39, 0.29) is 17.5 Å². The fourth-order valence-electron chi connectivity index (χ4n) is 4.32. The second-order valence-electron chi connectivity index (χ2n) is 7.95. The highest BCUT2D eigenvalue weighted by molar-refractivity contribution is 7.07. The number of thiazole rings is 1. The average molecular weight is 426 g/mol. The first-order valence-electron chi connectivity index (χ1n) is 10.2. The van der Waals surface area contributed by atoms with Crippen molar-refractivity contribution in [3.63, 3.8) is 0 Å². The Morgan fingerprint density at radius 2 is 1.87 bits per heavy atom. The zero-order valence-electron chi connectivity index (χ0n) is 17.0. The van der Waals surface area contributed by atoms with Crippen LogP contribution in [0.3, 0.4) is 0 Å². The van der Waals surface area contributed by atoms with Gasteiger partial charge in [-0.25, -0.2) is 9.38 Å². The molecule has 7 heteroatoms. The molecule has 1 aliphatic carbocycles. The van der Waals surface area contributed by atoms with Crippen molar-refractivity contribution in [3.8, 4) is 11.3 Å². The molecule has 5 nitrogen and oxygen atoms in total. The molecule has 1 fully saturated rings. The molecule has 0 amide bonds. The SMILES string of the molecule is CC1CCCC(n2c(-c3ccccc3F)csc2=Nc2ccccc2[N+](=O)[O-])C1C. The molecule has 0 spiro atoms. The van der Waals surface area contributed by atoms with Crippen molar-refractivity contribution >= 4 is 22.7 Å². The Bertz CT molecular complexity index is 1140. The van der Waals surface area contributed by atoms with Gasteiger partial charge in [-0.2, -0.15) is 0 Å². The molecule has 4 rings (SSSR count). The maximum Gasteiger partial charge on any atom is 0.294 e. The number of hydrogen-bond donors (Lipinski definition) is 0. The number of para-hydroxylation sites is 2. The van der Waals surface area contributed by atoms with E-state index in [0.29, 0.717) is 27.9 Å². The van der Waals surface area contributed by atoms with E-state index < -0.39 is 4.92 Å². The van der Waals surface area contributed by atoms with Crippen molar-refractivity contribution in [1.29, 1.82) is 0 Å². The highest BCUT2D eigenvalue weighted by Gasteiger charge is 2.31. The second kappa shape index (κ2) is 8.52. The van der Waals surface area contributed by atoms with Crippen LogP contribution < -0.4 is 4.80 Å². The van der Waals surface area contributed by atoms with Gasteiger partial charge in [0.25, 0.3) is 5.69 Å². The molecule has 1 saturated carbocycles. The van der Waals surface area contributed by atoms with E-state index in [1.54, 1.807) is 30.3 Å². The van der Waals surface area contributed by atoms with Gasteiger partial charge in [0, 0.05) is 23.1 Å². The van der Waals surface area contributed by atoms with Gasteiger partial charge in [0.15, 0.2) is 4.80 Å². The molecule has 1 aromatic heterocycles. The Balaban J connectivity index is 1.95. The first-order chi connectivity index (χ1) is 14.5. The zero-order chi connectivity index (χ0) is 21.3. The topological polar surface area (TPSA) is 60.4 Å². The van der Waals surface area contributed by atoms with Crippen LogP contribution in [-0.2, 0) is 0 Å². The Labute approximate surface area is 178 Å². The molecule has 0 aliphatic heterocycles. The van der Waals surface area contributed by atoms with Crippen molar-refractivity contribution < 1.29 is 9.31 Å². The molecule has 0 N–H and O–H groups in total. The minimum atomic E-state index is -0.417. The molecule has 3 unspecified atom stereocenters. The maximum atomic E-state index is 14.7. The molecule has 0 bridgehead atoms. The summed E-state index contributed by atoms with van der Waals surface area (Å²) in [4.78, 5) is 16.4. The Morgan fingerprint density at radius 3 is 2.63 bits per heavy atom. The van der Waals surface area contributed by atoms with E-state index in [4.69, 9.17) is 4.99 Å². The monoisotopic (exact) mass is 425 g/mol. The largest absolute Gasteiger partial charge is 0.313 e. The number of nitro benzene ring substituents is 1. The molecule has 30 heavy (non-hydrogen) atoms. The molecular weight excluding hydrogens is 401 g/mol. The normalized spacial score (nSPS) is 22.2. The third-order valence-electron chi connectivity index (χ3n) is 6.18. The lowest BCUT2D eigenvalue weighted by Crippen LogP contribution is -2.32. The smallest absolute Gasteiger partial charge is 0.294 e. The summed E-state index contributed by atoms with van der Waals surface area (Å²) in [6.07, 6.45) is 3.25. The van der Waals surface area contributed by atoms with Gasteiger partial charge in [-0.1, -0.05) is 51.0 Å². The van der Waals surface area contributed by atoms with Crippen molar-refractivity contribution in [3.05, 3.63) is 74.6 Å². The molecule has 156 valence electrons.